The lowest BCUT2D eigenvalue weighted by Gasteiger charge is -2.00. The molecule has 0 radical (unpaired) electrons. The summed E-state index contributed by atoms with van der Waals surface area (Å²) < 4.78 is 5.13. The van der Waals surface area contributed by atoms with Gasteiger partial charge < -0.3 is 4.43 Å². The van der Waals surface area contributed by atoms with Crippen LogP contribution < -0.4 is 0 Å². The fourth-order valence-electron chi connectivity index (χ4n) is 0.891. The fourth-order valence-corrected chi connectivity index (χ4v) is 1.60. The molecular formula is C8H11BrOSi. The van der Waals surface area contributed by atoms with Crippen molar-refractivity contribution < 1.29 is 4.43 Å². The molecular weight excluding hydrogens is 220 g/mol. The molecule has 0 unspecified atom stereocenters. The van der Waals surface area contributed by atoms with Crippen LogP contribution in [0.2, 0.25) is 0 Å². The Labute approximate surface area is 78.4 Å². The van der Waals surface area contributed by atoms with Crippen molar-refractivity contribution in [3.8, 4) is 0 Å². The molecule has 0 aliphatic heterocycles. The van der Waals surface area contributed by atoms with Gasteiger partial charge in [-0.2, -0.15) is 0 Å². The van der Waals surface area contributed by atoms with E-state index in [9.17, 15) is 0 Å². The van der Waals surface area contributed by atoms with Crippen molar-refractivity contribution >= 4 is 26.4 Å². The first-order chi connectivity index (χ1) is 5.36. The number of hydrogen-bond donors (Lipinski definition) is 0. The summed E-state index contributed by atoms with van der Waals surface area (Å²) in [6.07, 6.45) is 0. The molecule has 1 aromatic rings. The highest BCUT2D eigenvalue weighted by Crippen LogP contribution is 2.07. The molecule has 0 atom stereocenters. The van der Waals surface area contributed by atoms with Crippen molar-refractivity contribution in [2.75, 3.05) is 0 Å². The summed E-state index contributed by atoms with van der Waals surface area (Å²) in [4.78, 5) is 0. The maximum atomic E-state index is 5.13. The lowest BCUT2D eigenvalue weighted by Crippen LogP contribution is -1.88. The third-order valence-corrected chi connectivity index (χ3v) is 2.42. The van der Waals surface area contributed by atoms with Crippen molar-refractivity contribution in [2.45, 2.75) is 11.9 Å². The Morgan fingerprint density at radius 2 is 1.73 bits per heavy atom. The summed E-state index contributed by atoms with van der Waals surface area (Å²) in [7, 11) is 0.814. The normalized spacial score (nSPS) is 10.3. The molecule has 1 rings (SSSR count). The summed E-state index contributed by atoms with van der Waals surface area (Å²) in [5, 5.41) is 0.926. The van der Waals surface area contributed by atoms with Crippen LogP contribution in [-0.4, -0.2) is 10.5 Å². The quantitative estimate of drug-likeness (QED) is 0.564. The largest absolute Gasteiger partial charge is 0.424 e. The van der Waals surface area contributed by atoms with Gasteiger partial charge in [-0.1, -0.05) is 40.2 Å². The average Bonchev–Trinajstić information content (AvgIpc) is 2.07. The Kier molecular flexibility index (Phi) is 3.83. The molecule has 0 heterocycles. The second-order valence-corrected chi connectivity index (χ2v) is 3.52. The van der Waals surface area contributed by atoms with Gasteiger partial charge in [0.15, 0.2) is 0 Å². The topological polar surface area (TPSA) is 9.23 Å². The zero-order valence-electron chi connectivity index (χ0n) is 6.51. The van der Waals surface area contributed by atoms with Crippen LogP contribution in [0.1, 0.15) is 11.1 Å². The Hall–Kier alpha value is -0.123. The van der Waals surface area contributed by atoms with Crippen molar-refractivity contribution in [3.05, 3.63) is 35.4 Å². The van der Waals surface area contributed by atoms with Crippen LogP contribution in [-0.2, 0) is 16.4 Å². The van der Waals surface area contributed by atoms with Crippen LogP contribution in [0.15, 0.2) is 24.3 Å². The van der Waals surface area contributed by atoms with Crippen molar-refractivity contribution in [2.24, 2.45) is 0 Å². The van der Waals surface area contributed by atoms with Gasteiger partial charge >= 0.3 is 0 Å². The Balaban J connectivity index is 2.66. The fraction of sp³-hybridized carbons (Fsp3) is 0.250. The molecule has 0 saturated heterocycles. The first-order valence-electron chi connectivity index (χ1n) is 3.49. The van der Waals surface area contributed by atoms with E-state index >= 15 is 0 Å². The average molecular weight is 231 g/mol. The predicted molar refractivity (Wildman–Crippen MR) is 53.8 cm³/mol. The third-order valence-electron chi connectivity index (χ3n) is 1.49. The van der Waals surface area contributed by atoms with Crippen molar-refractivity contribution in [1.29, 1.82) is 0 Å². The van der Waals surface area contributed by atoms with Gasteiger partial charge in [-0.15, -0.1) is 0 Å². The van der Waals surface area contributed by atoms with Crippen LogP contribution in [0.3, 0.4) is 0 Å². The van der Waals surface area contributed by atoms with E-state index in [1.807, 2.05) is 0 Å². The molecule has 60 valence electrons. The molecule has 0 aliphatic carbocycles. The minimum Gasteiger partial charge on any atom is -0.424 e. The summed E-state index contributed by atoms with van der Waals surface area (Å²) in [6, 6.07) is 8.44. The molecule has 3 heteroatoms. The van der Waals surface area contributed by atoms with Gasteiger partial charge in [0.1, 0.15) is 10.5 Å². The molecule has 0 saturated carbocycles. The van der Waals surface area contributed by atoms with Gasteiger partial charge in [0.05, 0.1) is 6.61 Å². The second kappa shape index (κ2) is 4.69. The van der Waals surface area contributed by atoms with Gasteiger partial charge in [0.2, 0.25) is 0 Å². The number of benzene rings is 1. The zero-order chi connectivity index (χ0) is 8.10. The van der Waals surface area contributed by atoms with Crippen LogP contribution in [0.4, 0.5) is 0 Å². The molecule has 0 N–H and O–H groups in total. The first-order valence-corrected chi connectivity index (χ1v) is 5.43. The molecule has 1 nitrogen and oxygen atoms in total. The van der Waals surface area contributed by atoms with E-state index in [4.69, 9.17) is 4.43 Å². The second-order valence-electron chi connectivity index (χ2n) is 2.38. The minimum atomic E-state index is 0.759. The van der Waals surface area contributed by atoms with Crippen LogP contribution >= 0.6 is 15.9 Å². The zero-order valence-corrected chi connectivity index (χ0v) is 10.1. The highest BCUT2D eigenvalue weighted by molar-refractivity contribution is 9.08. The van der Waals surface area contributed by atoms with Gasteiger partial charge in [-0.05, 0) is 11.1 Å². The maximum Gasteiger partial charge on any atom is 0.146 e. The van der Waals surface area contributed by atoms with E-state index in [1.54, 1.807) is 0 Å². The number of alkyl halides is 1. The summed E-state index contributed by atoms with van der Waals surface area (Å²) in [6.45, 7) is 0.759. The van der Waals surface area contributed by atoms with Crippen molar-refractivity contribution in [3.63, 3.8) is 0 Å². The Bertz CT molecular complexity index is 210. The first kappa shape index (κ1) is 8.97. The lowest BCUT2D eigenvalue weighted by atomic mass is 10.2. The highest BCUT2D eigenvalue weighted by atomic mass is 79.9. The van der Waals surface area contributed by atoms with E-state index in [2.05, 4.69) is 40.2 Å². The smallest absolute Gasteiger partial charge is 0.146 e. The SMILES string of the molecule is [SiH3]OCc1ccc(CBr)cc1. The van der Waals surface area contributed by atoms with Gasteiger partial charge in [0, 0.05) is 5.33 Å². The van der Waals surface area contributed by atoms with Crippen LogP contribution in [0.5, 0.6) is 0 Å². The monoisotopic (exact) mass is 230 g/mol. The number of hydrogen-bond acceptors (Lipinski definition) is 1. The molecule has 1 aromatic carbocycles. The molecule has 0 spiro atoms. The lowest BCUT2D eigenvalue weighted by molar-refractivity contribution is 0.338. The van der Waals surface area contributed by atoms with E-state index in [0.717, 1.165) is 22.4 Å². The third kappa shape index (κ3) is 2.77. The standard InChI is InChI=1S/C8H11BrOSi/c9-5-7-1-3-8(4-2-7)6-10-11/h1-4H,5-6H2,11H3. The van der Waals surface area contributed by atoms with Crippen LogP contribution in [0.25, 0.3) is 0 Å². The van der Waals surface area contributed by atoms with Crippen LogP contribution in [0, 0.1) is 0 Å². The molecule has 0 bridgehead atoms. The van der Waals surface area contributed by atoms with Crippen molar-refractivity contribution in [1.82, 2.24) is 0 Å². The summed E-state index contributed by atoms with van der Waals surface area (Å²) in [5.41, 5.74) is 2.56. The van der Waals surface area contributed by atoms with E-state index < -0.39 is 0 Å². The molecule has 0 aliphatic rings. The van der Waals surface area contributed by atoms with Gasteiger partial charge in [-0.25, -0.2) is 0 Å². The summed E-state index contributed by atoms with van der Waals surface area (Å²) >= 11 is 3.40. The molecule has 0 aromatic heterocycles. The van der Waals surface area contributed by atoms with E-state index in [1.165, 1.54) is 11.1 Å². The molecule has 0 fully saturated rings. The van der Waals surface area contributed by atoms with Gasteiger partial charge in [0.25, 0.3) is 0 Å². The number of rotatable bonds is 3. The van der Waals surface area contributed by atoms with Gasteiger partial charge in [-0.3, -0.25) is 0 Å². The minimum absolute atomic E-state index is 0.759. The molecule has 0 amide bonds. The number of halogens is 1. The summed E-state index contributed by atoms with van der Waals surface area (Å²) in [5.74, 6) is 0. The van der Waals surface area contributed by atoms with E-state index in [-0.39, 0.29) is 0 Å². The maximum absolute atomic E-state index is 5.13. The Morgan fingerprint density at radius 3 is 2.18 bits per heavy atom. The van der Waals surface area contributed by atoms with E-state index in [0.29, 0.717) is 0 Å². The molecule has 11 heavy (non-hydrogen) atoms. The Morgan fingerprint density at radius 1 is 1.18 bits per heavy atom. The highest BCUT2D eigenvalue weighted by Gasteiger charge is 1.91. The predicted octanol–water partition coefficient (Wildman–Crippen LogP) is 1.38.